The van der Waals surface area contributed by atoms with E-state index < -0.39 is 0 Å². The summed E-state index contributed by atoms with van der Waals surface area (Å²) in [5.41, 5.74) is 2.85. The lowest BCUT2D eigenvalue weighted by molar-refractivity contribution is -0.137. The Labute approximate surface area is 144 Å². The van der Waals surface area contributed by atoms with Gasteiger partial charge in [-0.2, -0.15) is 0 Å². The number of likely N-dealkylation sites (N-methyl/N-ethyl adjacent to an activating group) is 1. The van der Waals surface area contributed by atoms with Crippen LogP contribution in [0.15, 0.2) is 18.2 Å². The molecule has 4 nitrogen and oxygen atoms in total. The second-order valence-electron chi connectivity index (χ2n) is 8.40. The number of ether oxygens (including phenoxy) is 1. The maximum Gasteiger partial charge on any atom is 0.115 e. The summed E-state index contributed by atoms with van der Waals surface area (Å²) in [6.45, 7) is 3.24. The number of nitrogens with zero attached hydrogens (tertiary/aromatic N) is 1. The van der Waals surface area contributed by atoms with Crippen LogP contribution in [0.4, 0.5) is 0 Å². The first-order valence-corrected chi connectivity index (χ1v) is 9.55. The van der Waals surface area contributed by atoms with Gasteiger partial charge in [-0.15, -0.1) is 0 Å². The zero-order valence-electron chi connectivity index (χ0n) is 14.5. The van der Waals surface area contributed by atoms with E-state index in [1.165, 1.54) is 37.1 Å². The Balaban J connectivity index is 1.57. The van der Waals surface area contributed by atoms with Crippen molar-refractivity contribution in [3.8, 4) is 5.75 Å². The molecule has 2 unspecified atom stereocenters. The first-order valence-electron chi connectivity index (χ1n) is 9.55. The summed E-state index contributed by atoms with van der Waals surface area (Å²) in [5.74, 6) is 1.32. The van der Waals surface area contributed by atoms with E-state index in [9.17, 15) is 5.11 Å². The fourth-order valence-corrected chi connectivity index (χ4v) is 5.53. The van der Waals surface area contributed by atoms with Gasteiger partial charge in [-0.3, -0.25) is 4.90 Å². The molecule has 2 aliphatic heterocycles. The molecular weight excluding hydrogens is 300 g/mol. The molecule has 5 rings (SSSR count). The minimum atomic E-state index is 0.0724. The summed E-state index contributed by atoms with van der Waals surface area (Å²) in [7, 11) is 2.04. The molecule has 24 heavy (non-hydrogen) atoms. The Hall–Kier alpha value is -1.10. The van der Waals surface area contributed by atoms with Gasteiger partial charge in [0.2, 0.25) is 0 Å². The van der Waals surface area contributed by atoms with E-state index in [1.807, 2.05) is 19.2 Å². The van der Waals surface area contributed by atoms with Crippen LogP contribution in [-0.4, -0.2) is 54.9 Å². The molecule has 130 valence electrons. The van der Waals surface area contributed by atoms with Gasteiger partial charge < -0.3 is 15.2 Å². The summed E-state index contributed by atoms with van der Waals surface area (Å²) < 4.78 is 6.49. The van der Waals surface area contributed by atoms with Crippen molar-refractivity contribution >= 4 is 0 Å². The molecule has 0 spiro atoms. The normalized spacial score (nSPS) is 38.5. The van der Waals surface area contributed by atoms with E-state index >= 15 is 0 Å². The molecule has 0 aromatic heterocycles. The predicted octanol–water partition coefficient (Wildman–Crippen LogP) is 2.05. The maximum atomic E-state index is 10.1. The van der Waals surface area contributed by atoms with E-state index in [2.05, 4.69) is 16.3 Å². The number of rotatable bonds is 3. The van der Waals surface area contributed by atoms with Crippen molar-refractivity contribution in [2.45, 2.75) is 55.7 Å². The summed E-state index contributed by atoms with van der Waals surface area (Å²) in [6, 6.07) is 6.95. The molecule has 1 saturated carbocycles. The highest BCUT2D eigenvalue weighted by molar-refractivity contribution is 5.46. The van der Waals surface area contributed by atoms with E-state index in [1.54, 1.807) is 0 Å². The highest BCUT2D eigenvalue weighted by Gasteiger charge is 2.57. The molecule has 2 saturated heterocycles. The molecule has 2 bridgehead atoms. The minimum absolute atomic E-state index is 0.0724. The number of likely N-dealkylation sites (tertiary alicyclic amines) is 1. The predicted molar refractivity (Wildman–Crippen MR) is 93.4 cm³/mol. The standard InChI is InChI=1S/C20H28N2O2/c1-21-15-10-20-6-7-22(11-13-2-3-13)18(19(20)24-12-15)8-14-4-5-16(23)9-17(14)20/h4-5,9,13,15,18-19,21,23H,2-3,6-8,10-12H2,1H3/t15?,18-,19?,20-/m1/s1. The van der Waals surface area contributed by atoms with Gasteiger partial charge in [-0.1, -0.05) is 6.07 Å². The first kappa shape index (κ1) is 15.2. The van der Waals surface area contributed by atoms with Gasteiger partial charge in [0.15, 0.2) is 0 Å². The van der Waals surface area contributed by atoms with E-state index in [0.717, 1.165) is 31.8 Å². The van der Waals surface area contributed by atoms with E-state index in [0.29, 0.717) is 17.8 Å². The molecule has 0 radical (unpaired) electrons. The third-order valence-electron chi connectivity index (χ3n) is 6.95. The van der Waals surface area contributed by atoms with Crippen molar-refractivity contribution in [2.24, 2.45) is 5.92 Å². The van der Waals surface area contributed by atoms with Gasteiger partial charge >= 0.3 is 0 Å². The number of benzene rings is 1. The van der Waals surface area contributed by atoms with Crippen molar-refractivity contribution in [1.82, 2.24) is 10.2 Å². The molecule has 1 aromatic carbocycles. The highest BCUT2D eigenvalue weighted by Crippen LogP contribution is 2.52. The summed E-state index contributed by atoms with van der Waals surface area (Å²) in [6.07, 6.45) is 6.44. The number of hydrogen-bond donors (Lipinski definition) is 2. The number of piperidine rings is 1. The van der Waals surface area contributed by atoms with Crippen molar-refractivity contribution in [1.29, 1.82) is 0 Å². The Morgan fingerprint density at radius 3 is 3.04 bits per heavy atom. The monoisotopic (exact) mass is 328 g/mol. The Morgan fingerprint density at radius 1 is 1.38 bits per heavy atom. The van der Waals surface area contributed by atoms with Crippen molar-refractivity contribution in [3.63, 3.8) is 0 Å². The zero-order valence-corrected chi connectivity index (χ0v) is 14.5. The molecule has 1 aromatic rings. The van der Waals surface area contributed by atoms with Gasteiger partial charge in [-0.25, -0.2) is 0 Å². The van der Waals surface area contributed by atoms with Gasteiger partial charge in [0.05, 0.1) is 12.7 Å². The van der Waals surface area contributed by atoms with Gasteiger partial charge in [0, 0.05) is 24.0 Å². The number of phenolic OH excluding ortho intramolecular Hbond substituents is 1. The van der Waals surface area contributed by atoms with Crippen molar-refractivity contribution < 1.29 is 9.84 Å². The lowest BCUT2D eigenvalue weighted by Crippen LogP contribution is -2.68. The van der Waals surface area contributed by atoms with Crippen LogP contribution in [0.25, 0.3) is 0 Å². The summed E-state index contributed by atoms with van der Waals surface area (Å²) in [5, 5.41) is 13.5. The molecule has 4 heteroatoms. The van der Waals surface area contributed by atoms with Crippen LogP contribution >= 0.6 is 0 Å². The Morgan fingerprint density at radius 2 is 2.25 bits per heavy atom. The Bertz CT molecular complexity index is 645. The van der Waals surface area contributed by atoms with Crippen LogP contribution in [0.5, 0.6) is 5.75 Å². The SMILES string of the molecule is CNC1COC2[C@H]3Cc4ccc(O)cc4[C@@]2(CCN3CC2CC2)C1. The van der Waals surface area contributed by atoms with Gasteiger partial charge in [0.25, 0.3) is 0 Å². The first-order chi connectivity index (χ1) is 11.7. The van der Waals surface area contributed by atoms with E-state index in [4.69, 9.17) is 4.74 Å². The fourth-order valence-electron chi connectivity index (χ4n) is 5.53. The van der Waals surface area contributed by atoms with Crippen LogP contribution in [0.3, 0.4) is 0 Å². The van der Waals surface area contributed by atoms with Crippen LogP contribution < -0.4 is 5.32 Å². The average Bonchev–Trinajstić information content (AvgIpc) is 3.41. The second-order valence-corrected chi connectivity index (χ2v) is 8.40. The highest BCUT2D eigenvalue weighted by atomic mass is 16.5. The minimum Gasteiger partial charge on any atom is -0.508 e. The Kier molecular flexibility index (Phi) is 3.45. The number of nitrogens with one attached hydrogen (secondary N) is 1. The third-order valence-corrected chi connectivity index (χ3v) is 6.95. The number of phenols is 1. The van der Waals surface area contributed by atoms with Crippen LogP contribution in [0, 0.1) is 5.92 Å². The maximum absolute atomic E-state index is 10.1. The number of aromatic hydroxyl groups is 1. The van der Waals surface area contributed by atoms with Crippen LogP contribution in [-0.2, 0) is 16.6 Å². The second kappa shape index (κ2) is 5.45. The molecular formula is C20H28N2O2. The quantitative estimate of drug-likeness (QED) is 0.891. The number of fused-ring (bicyclic) bond motifs is 1. The summed E-state index contributed by atoms with van der Waals surface area (Å²) in [4.78, 5) is 2.72. The van der Waals surface area contributed by atoms with Crippen LogP contribution in [0.1, 0.15) is 36.8 Å². The third kappa shape index (κ3) is 2.23. The molecule has 2 N–H and O–H groups in total. The van der Waals surface area contributed by atoms with E-state index in [-0.39, 0.29) is 11.5 Å². The van der Waals surface area contributed by atoms with Crippen molar-refractivity contribution in [3.05, 3.63) is 29.3 Å². The fraction of sp³-hybridized carbons (Fsp3) is 0.700. The lowest BCUT2D eigenvalue weighted by atomic mass is 9.58. The lowest BCUT2D eigenvalue weighted by Gasteiger charge is -2.59. The average molecular weight is 328 g/mol. The topological polar surface area (TPSA) is 44.7 Å². The number of hydrogen-bond acceptors (Lipinski definition) is 4. The molecule has 4 atom stereocenters. The molecule has 4 aliphatic rings. The molecule has 3 fully saturated rings. The van der Waals surface area contributed by atoms with Crippen LogP contribution in [0.2, 0.25) is 0 Å². The van der Waals surface area contributed by atoms with Gasteiger partial charge in [-0.05, 0) is 74.9 Å². The largest absolute Gasteiger partial charge is 0.508 e. The molecule has 2 aliphatic carbocycles. The van der Waals surface area contributed by atoms with Gasteiger partial charge in [0.1, 0.15) is 5.75 Å². The summed E-state index contributed by atoms with van der Waals surface area (Å²) >= 11 is 0. The molecule has 0 amide bonds. The zero-order chi connectivity index (χ0) is 16.3. The van der Waals surface area contributed by atoms with Crippen molar-refractivity contribution in [2.75, 3.05) is 26.7 Å². The molecule has 2 heterocycles. The smallest absolute Gasteiger partial charge is 0.115 e.